The quantitative estimate of drug-likeness (QED) is 0.817. The summed E-state index contributed by atoms with van der Waals surface area (Å²) < 4.78 is 5.26. The lowest BCUT2D eigenvalue weighted by atomic mass is 9.79. The van der Waals surface area contributed by atoms with E-state index >= 15 is 0 Å². The molecule has 2 heteroatoms. The molecule has 0 aromatic heterocycles. The standard InChI is InChI=1S/C15H25NO/c1-6-15(2,3)14(16-4)11-12-8-7-9-13(10-12)17-5/h7-10,14,16H,6,11H2,1-5H3. The Morgan fingerprint density at radius 1 is 1.35 bits per heavy atom. The third kappa shape index (κ3) is 3.74. The fourth-order valence-corrected chi connectivity index (χ4v) is 2.05. The van der Waals surface area contributed by atoms with Gasteiger partial charge in [-0.25, -0.2) is 0 Å². The summed E-state index contributed by atoms with van der Waals surface area (Å²) >= 11 is 0. The molecule has 17 heavy (non-hydrogen) atoms. The summed E-state index contributed by atoms with van der Waals surface area (Å²) in [7, 11) is 3.76. The van der Waals surface area contributed by atoms with Crippen LogP contribution in [0.3, 0.4) is 0 Å². The van der Waals surface area contributed by atoms with Crippen LogP contribution in [0, 0.1) is 5.41 Å². The Kier molecular flexibility index (Phi) is 5.01. The molecule has 96 valence electrons. The van der Waals surface area contributed by atoms with Crippen molar-refractivity contribution in [2.45, 2.75) is 39.7 Å². The fourth-order valence-electron chi connectivity index (χ4n) is 2.05. The Bertz CT molecular complexity index is 347. The van der Waals surface area contributed by atoms with Gasteiger partial charge in [-0.2, -0.15) is 0 Å². The largest absolute Gasteiger partial charge is 0.497 e. The van der Waals surface area contributed by atoms with E-state index in [1.807, 2.05) is 13.1 Å². The highest BCUT2D eigenvalue weighted by atomic mass is 16.5. The van der Waals surface area contributed by atoms with E-state index in [9.17, 15) is 0 Å². The Labute approximate surface area is 105 Å². The van der Waals surface area contributed by atoms with Gasteiger partial charge in [-0.3, -0.25) is 0 Å². The van der Waals surface area contributed by atoms with Crippen molar-refractivity contribution in [3.05, 3.63) is 29.8 Å². The van der Waals surface area contributed by atoms with Gasteiger partial charge in [0.05, 0.1) is 7.11 Å². The van der Waals surface area contributed by atoms with Crippen molar-refractivity contribution in [3.8, 4) is 5.75 Å². The van der Waals surface area contributed by atoms with Gasteiger partial charge < -0.3 is 10.1 Å². The lowest BCUT2D eigenvalue weighted by Gasteiger charge is -2.33. The predicted octanol–water partition coefficient (Wildman–Crippen LogP) is 3.26. The van der Waals surface area contributed by atoms with Crippen LogP contribution in [0.5, 0.6) is 5.75 Å². The van der Waals surface area contributed by atoms with Crippen LogP contribution in [0.1, 0.15) is 32.8 Å². The molecule has 0 aliphatic rings. The van der Waals surface area contributed by atoms with E-state index < -0.39 is 0 Å². The van der Waals surface area contributed by atoms with Gasteiger partial charge in [0, 0.05) is 6.04 Å². The Morgan fingerprint density at radius 2 is 2.06 bits per heavy atom. The van der Waals surface area contributed by atoms with E-state index in [0.717, 1.165) is 12.2 Å². The summed E-state index contributed by atoms with van der Waals surface area (Å²) in [5.74, 6) is 0.937. The molecular formula is C15H25NO. The first kappa shape index (κ1) is 14.0. The maximum Gasteiger partial charge on any atom is 0.119 e. The number of nitrogens with one attached hydrogen (secondary N) is 1. The molecule has 0 heterocycles. The van der Waals surface area contributed by atoms with Gasteiger partial charge >= 0.3 is 0 Å². The smallest absolute Gasteiger partial charge is 0.119 e. The molecule has 0 saturated carbocycles. The van der Waals surface area contributed by atoms with Gasteiger partial charge in [0.2, 0.25) is 0 Å². The number of hydrogen-bond donors (Lipinski definition) is 1. The van der Waals surface area contributed by atoms with Crippen molar-refractivity contribution in [3.63, 3.8) is 0 Å². The fraction of sp³-hybridized carbons (Fsp3) is 0.600. The van der Waals surface area contributed by atoms with Crippen LogP contribution in [0.25, 0.3) is 0 Å². The number of hydrogen-bond acceptors (Lipinski definition) is 2. The van der Waals surface area contributed by atoms with Crippen molar-refractivity contribution >= 4 is 0 Å². The van der Waals surface area contributed by atoms with Crippen molar-refractivity contribution in [1.82, 2.24) is 5.32 Å². The minimum absolute atomic E-state index is 0.303. The number of likely N-dealkylation sites (N-methyl/N-ethyl adjacent to an activating group) is 1. The molecule has 0 amide bonds. The number of benzene rings is 1. The second-order valence-electron chi connectivity index (χ2n) is 5.24. The van der Waals surface area contributed by atoms with Gasteiger partial charge in [-0.15, -0.1) is 0 Å². The number of ether oxygens (including phenoxy) is 1. The topological polar surface area (TPSA) is 21.3 Å². The molecule has 0 aliphatic carbocycles. The maximum absolute atomic E-state index is 5.26. The molecule has 0 aliphatic heterocycles. The molecule has 0 bridgehead atoms. The van der Waals surface area contributed by atoms with E-state index in [-0.39, 0.29) is 0 Å². The summed E-state index contributed by atoms with van der Waals surface area (Å²) in [6.07, 6.45) is 2.21. The average Bonchev–Trinajstić information content (AvgIpc) is 2.36. The number of methoxy groups -OCH3 is 1. The van der Waals surface area contributed by atoms with Crippen LogP contribution in [-0.2, 0) is 6.42 Å². The monoisotopic (exact) mass is 235 g/mol. The lowest BCUT2D eigenvalue weighted by Crippen LogP contribution is -2.41. The van der Waals surface area contributed by atoms with Crippen molar-refractivity contribution < 1.29 is 4.74 Å². The molecule has 0 fully saturated rings. The zero-order valence-corrected chi connectivity index (χ0v) is 11.7. The lowest BCUT2D eigenvalue weighted by molar-refractivity contribution is 0.240. The zero-order chi connectivity index (χ0) is 12.9. The second-order valence-corrected chi connectivity index (χ2v) is 5.24. The molecule has 0 radical (unpaired) electrons. The molecule has 1 unspecified atom stereocenters. The minimum atomic E-state index is 0.303. The summed E-state index contributed by atoms with van der Waals surface area (Å²) in [4.78, 5) is 0. The second kappa shape index (κ2) is 6.06. The van der Waals surface area contributed by atoms with Crippen LogP contribution in [-0.4, -0.2) is 20.2 Å². The van der Waals surface area contributed by atoms with E-state index in [1.165, 1.54) is 12.0 Å². The molecule has 1 aromatic rings. The van der Waals surface area contributed by atoms with Gasteiger partial charge in [-0.1, -0.05) is 32.9 Å². The Hall–Kier alpha value is -1.02. The SMILES string of the molecule is CCC(C)(C)C(Cc1cccc(OC)c1)NC. The highest BCUT2D eigenvalue weighted by molar-refractivity contribution is 5.29. The molecule has 2 nitrogen and oxygen atoms in total. The summed E-state index contributed by atoms with van der Waals surface area (Å²) in [5, 5.41) is 3.44. The highest BCUT2D eigenvalue weighted by Gasteiger charge is 2.26. The first-order valence-electron chi connectivity index (χ1n) is 6.33. The minimum Gasteiger partial charge on any atom is -0.497 e. The molecular weight excluding hydrogens is 210 g/mol. The summed E-state index contributed by atoms with van der Waals surface area (Å²) in [6, 6.07) is 8.82. The van der Waals surface area contributed by atoms with E-state index in [4.69, 9.17) is 4.74 Å². The maximum atomic E-state index is 5.26. The molecule has 1 rings (SSSR count). The van der Waals surface area contributed by atoms with Crippen molar-refractivity contribution in [1.29, 1.82) is 0 Å². The van der Waals surface area contributed by atoms with E-state index in [0.29, 0.717) is 11.5 Å². The molecule has 0 spiro atoms. The van der Waals surface area contributed by atoms with Gasteiger partial charge in [0.15, 0.2) is 0 Å². The zero-order valence-electron chi connectivity index (χ0n) is 11.7. The van der Waals surface area contributed by atoms with Crippen LogP contribution in [0.2, 0.25) is 0 Å². The normalized spacial score (nSPS) is 13.5. The van der Waals surface area contributed by atoms with Gasteiger partial charge in [0.25, 0.3) is 0 Å². The van der Waals surface area contributed by atoms with E-state index in [1.54, 1.807) is 7.11 Å². The van der Waals surface area contributed by atoms with Crippen LogP contribution < -0.4 is 10.1 Å². The first-order valence-corrected chi connectivity index (χ1v) is 6.33. The average molecular weight is 235 g/mol. The summed E-state index contributed by atoms with van der Waals surface area (Å²) in [5.41, 5.74) is 1.63. The Balaban J connectivity index is 2.80. The molecule has 1 atom stereocenters. The van der Waals surface area contributed by atoms with Crippen LogP contribution in [0.15, 0.2) is 24.3 Å². The number of rotatable bonds is 6. The predicted molar refractivity (Wildman–Crippen MR) is 73.6 cm³/mol. The molecule has 1 N–H and O–H groups in total. The van der Waals surface area contributed by atoms with Crippen molar-refractivity contribution in [2.24, 2.45) is 5.41 Å². The van der Waals surface area contributed by atoms with Gasteiger partial charge in [-0.05, 0) is 43.0 Å². The van der Waals surface area contributed by atoms with Gasteiger partial charge in [0.1, 0.15) is 5.75 Å². The third-order valence-electron chi connectivity index (χ3n) is 3.78. The van der Waals surface area contributed by atoms with E-state index in [2.05, 4.69) is 44.3 Å². The summed E-state index contributed by atoms with van der Waals surface area (Å²) in [6.45, 7) is 6.87. The first-order chi connectivity index (χ1) is 8.03. The highest BCUT2D eigenvalue weighted by Crippen LogP contribution is 2.27. The Morgan fingerprint density at radius 3 is 2.59 bits per heavy atom. The van der Waals surface area contributed by atoms with Crippen LogP contribution >= 0.6 is 0 Å². The molecule has 0 saturated heterocycles. The van der Waals surface area contributed by atoms with Crippen molar-refractivity contribution in [2.75, 3.05) is 14.2 Å². The third-order valence-corrected chi connectivity index (χ3v) is 3.78. The van der Waals surface area contributed by atoms with Crippen LogP contribution in [0.4, 0.5) is 0 Å². The molecule has 1 aromatic carbocycles.